The zero-order valence-corrected chi connectivity index (χ0v) is 10.4. The number of amides is 1. The maximum atomic E-state index is 11.2. The molecule has 3 N–H and O–H groups in total. The van der Waals surface area contributed by atoms with Gasteiger partial charge in [0.25, 0.3) is 5.91 Å². The van der Waals surface area contributed by atoms with Crippen LogP contribution in [0.4, 0.5) is 5.69 Å². The van der Waals surface area contributed by atoms with Crippen LogP contribution in [0.3, 0.4) is 0 Å². The largest absolute Gasteiger partial charge is 0.482 e. The molecule has 0 bridgehead atoms. The first kappa shape index (κ1) is 12.9. The summed E-state index contributed by atoms with van der Waals surface area (Å²) in [6.45, 7) is 3.24. The summed E-state index contributed by atoms with van der Waals surface area (Å²) in [5.74, 6) is 0.570. The summed E-state index contributed by atoms with van der Waals surface area (Å²) >= 11 is 0. The van der Waals surface area contributed by atoms with Crippen LogP contribution in [0.25, 0.3) is 0 Å². The van der Waals surface area contributed by atoms with Gasteiger partial charge in [-0.05, 0) is 24.1 Å². The molecule has 1 aliphatic heterocycles. The third-order valence-electron chi connectivity index (χ3n) is 2.86. The first-order valence-electron chi connectivity index (χ1n) is 6.13. The molecular weight excluding hydrogens is 232 g/mol. The molecule has 2 rings (SSSR count). The van der Waals surface area contributed by atoms with E-state index in [0.717, 1.165) is 12.0 Å². The average Bonchev–Trinajstić information content (AvgIpc) is 2.38. The summed E-state index contributed by atoms with van der Waals surface area (Å²) in [4.78, 5) is 11.2. The minimum Gasteiger partial charge on any atom is -0.482 e. The topological polar surface area (TPSA) is 70.6 Å². The molecule has 5 heteroatoms. The van der Waals surface area contributed by atoms with E-state index < -0.39 is 0 Å². The highest BCUT2D eigenvalue weighted by molar-refractivity contribution is 5.95. The normalized spacial score (nSPS) is 15.6. The highest BCUT2D eigenvalue weighted by atomic mass is 16.5. The van der Waals surface area contributed by atoms with Crippen LogP contribution in [0.2, 0.25) is 0 Å². The average molecular weight is 250 g/mol. The Morgan fingerprint density at radius 2 is 2.39 bits per heavy atom. The van der Waals surface area contributed by atoms with Gasteiger partial charge in [-0.25, -0.2) is 0 Å². The number of rotatable bonds is 5. The highest BCUT2D eigenvalue weighted by Gasteiger charge is 2.15. The van der Waals surface area contributed by atoms with Crippen molar-refractivity contribution in [1.82, 2.24) is 5.32 Å². The first-order valence-corrected chi connectivity index (χ1v) is 6.13. The number of carbonyl (C=O) groups is 1. The predicted octanol–water partition coefficient (Wildman–Crippen LogP) is 0.878. The molecule has 18 heavy (non-hydrogen) atoms. The van der Waals surface area contributed by atoms with Crippen molar-refractivity contribution in [1.29, 1.82) is 0 Å². The molecule has 0 saturated heterocycles. The van der Waals surface area contributed by atoms with Gasteiger partial charge in [0.15, 0.2) is 6.61 Å². The number of ether oxygens (including phenoxy) is 1. The third kappa shape index (κ3) is 3.21. The lowest BCUT2D eigenvalue weighted by Crippen LogP contribution is -2.27. The monoisotopic (exact) mass is 250 g/mol. The number of carbonyl (C=O) groups excluding carboxylic acids is 1. The molecule has 1 aliphatic rings. The molecule has 0 aromatic heterocycles. The standard InChI is InChI=1S/C13H18N2O3/c1-2-10(16)7-14-6-9-3-4-12-11(5-9)15-13(17)8-18-12/h3-5,10,14,16H,2,6-8H2,1H3,(H,15,17). The number of fused-ring (bicyclic) bond motifs is 1. The molecule has 1 amide bonds. The number of nitrogens with one attached hydrogen (secondary N) is 2. The Kier molecular flexibility index (Phi) is 4.17. The number of aliphatic hydroxyl groups excluding tert-OH is 1. The zero-order valence-electron chi connectivity index (χ0n) is 10.4. The van der Waals surface area contributed by atoms with Crippen LogP contribution in [-0.2, 0) is 11.3 Å². The van der Waals surface area contributed by atoms with Gasteiger partial charge in [0, 0.05) is 13.1 Å². The zero-order chi connectivity index (χ0) is 13.0. The van der Waals surface area contributed by atoms with Crippen LogP contribution >= 0.6 is 0 Å². The predicted molar refractivity (Wildman–Crippen MR) is 68.6 cm³/mol. The number of aliphatic hydroxyl groups is 1. The van der Waals surface area contributed by atoms with Crippen LogP contribution in [0.1, 0.15) is 18.9 Å². The van der Waals surface area contributed by atoms with Gasteiger partial charge in [-0.3, -0.25) is 4.79 Å². The van der Waals surface area contributed by atoms with E-state index in [1.165, 1.54) is 0 Å². The molecule has 1 heterocycles. The lowest BCUT2D eigenvalue weighted by atomic mass is 10.1. The van der Waals surface area contributed by atoms with Gasteiger partial charge >= 0.3 is 0 Å². The molecule has 1 aromatic carbocycles. The molecule has 1 atom stereocenters. The lowest BCUT2D eigenvalue weighted by Gasteiger charge is -2.18. The minimum absolute atomic E-state index is 0.0767. The Hall–Kier alpha value is -1.59. The molecule has 1 unspecified atom stereocenters. The summed E-state index contributed by atoms with van der Waals surface area (Å²) in [5.41, 5.74) is 1.75. The van der Waals surface area contributed by atoms with E-state index >= 15 is 0 Å². The quantitative estimate of drug-likeness (QED) is 0.725. The van der Waals surface area contributed by atoms with Gasteiger partial charge in [-0.2, -0.15) is 0 Å². The molecule has 0 fully saturated rings. The molecule has 5 nitrogen and oxygen atoms in total. The van der Waals surface area contributed by atoms with E-state index in [4.69, 9.17) is 4.74 Å². The summed E-state index contributed by atoms with van der Waals surface area (Å²) < 4.78 is 5.28. The second kappa shape index (κ2) is 5.84. The highest BCUT2D eigenvalue weighted by Crippen LogP contribution is 2.28. The molecule has 1 aromatic rings. The smallest absolute Gasteiger partial charge is 0.262 e. The van der Waals surface area contributed by atoms with Gasteiger partial charge in [0.2, 0.25) is 0 Å². The van der Waals surface area contributed by atoms with Gasteiger partial charge in [0.1, 0.15) is 5.75 Å². The van der Waals surface area contributed by atoms with Crippen molar-refractivity contribution in [2.75, 3.05) is 18.5 Å². The maximum absolute atomic E-state index is 11.2. The van der Waals surface area contributed by atoms with Crippen molar-refractivity contribution in [3.63, 3.8) is 0 Å². The van der Waals surface area contributed by atoms with Crippen LogP contribution in [-0.4, -0.2) is 30.3 Å². The minimum atomic E-state index is -0.314. The SMILES string of the molecule is CCC(O)CNCc1ccc2c(c1)NC(=O)CO2. The van der Waals surface area contributed by atoms with Crippen molar-refractivity contribution in [3.05, 3.63) is 23.8 Å². The fourth-order valence-corrected chi connectivity index (χ4v) is 1.77. The van der Waals surface area contributed by atoms with E-state index in [0.29, 0.717) is 24.5 Å². The third-order valence-corrected chi connectivity index (χ3v) is 2.86. The first-order chi connectivity index (χ1) is 8.69. The van der Waals surface area contributed by atoms with Crippen molar-refractivity contribution >= 4 is 11.6 Å². The number of anilines is 1. The molecule has 0 saturated carbocycles. The van der Waals surface area contributed by atoms with E-state index in [-0.39, 0.29) is 18.6 Å². The van der Waals surface area contributed by atoms with Crippen LogP contribution in [0.15, 0.2) is 18.2 Å². The number of hydrogen-bond acceptors (Lipinski definition) is 4. The van der Waals surface area contributed by atoms with Crippen molar-refractivity contribution in [3.8, 4) is 5.75 Å². The fourth-order valence-electron chi connectivity index (χ4n) is 1.77. The van der Waals surface area contributed by atoms with E-state index in [1.54, 1.807) is 0 Å². The number of benzene rings is 1. The summed E-state index contributed by atoms with van der Waals surface area (Å²) in [6, 6.07) is 5.68. The summed E-state index contributed by atoms with van der Waals surface area (Å²) in [5, 5.41) is 15.4. The number of hydrogen-bond donors (Lipinski definition) is 3. The van der Waals surface area contributed by atoms with Crippen molar-refractivity contribution in [2.45, 2.75) is 26.0 Å². The van der Waals surface area contributed by atoms with Crippen LogP contribution in [0, 0.1) is 0 Å². The van der Waals surface area contributed by atoms with Crippen molar-refractivity contribution in [2.24, 2.45) is 0 Å². The van der Waals surface area contributed by atoms with E-state index in [1.807, 2.05) is 25.1 Å². The molecule has 98 valence electrons. The van der Waals surface area contributed by atoms with Crippen LogP contribution < -0.4 is 15.4 Å². The maximum Gasteiger partial charge on any atom is 0.262 e. The second-order valence-electron chi connectivity index (χ2n) is 4.36. The molecule has 0 radical (unpaired) electrons. The Bertz CT molecular complexity index is 434. The fraction of sp³-hybridized carbons (Fsp3) is 0.462. The van der Waals surface area contributed by atoms with Gasteiger partial charge in [-0.1, -0.05) is 13.0 Å². The van der Waals surface area contributed by atoms with Gasteiger partial charge < -0.3 is 20.5 Å². The second-order valence-corrected chi connectivity index (χ2v) is 4.36. The molecular formula is C13H18N2O3. The Balaban J connectivity index is 1.94. The molecule has 0 aliphatic carbocycles. The summed E-state index contributed by atoms with van der Waals surface area (Å²) in [7, 11) is 0. The van der Waals surface area contributed by atoms with Crippen molar-refractivity contribution < 1.29 is 14.6 Å². The van der Waals surface area contributed by atoms with E-state index in [9.17, 15) is 9.90 Å². The Morgan fingerprint density at radius 3 is 3.17 bits per heavy atom. The van der Waals surface area contributed by atoms with Crippen LogP contribution in [0.5, 0.6) is 5.75 Å². The Labute approximate surface area is 106 Å². The lowest BCUT2D eigenvalue weighted by molar-refractivity contribution is -0.118. The Morgan fingerprint density at radius 1 is 1.56 bits per heavy atom. The van der Waals surface area contributed by atoms with Gasteiger partial charge in [0.05, 0.1) is 11.8 Å². The van der Waals surface area contributed by atoms with Gasteiger partial charge in [-0.15, -0.1) is 0 Å². The van der Waals surface area contributed by atoms with E-state index in [2.05, 4.69) is 10.6 Å². The summed E-state index contributed by atoms with van der Waals surface area (Å²) in [6.07, 6.45) is 0.423. The molecule has 0 spiro atoms.